The Balaban J connectivity index is 1.77. The molecule has 0 aromatic heterocycles. The average molecular weight is 328 g/mol. The molecule has 4 nitrogen and oxygen atoms in total. The van der Waals surface area contributed by atoms with Crippen LogP contribution in [0.25, 0.3) is 0 Å². The van der Waals surface area contributed by atoms with Gasteiger partial charge in [0.1, 0.15) is 5.82 Å². The fourth-order valence-electron chi connectivity index (χ4n) is 2.70. The number of carbonyl (C=O) groups is 1. The lowest BCUT2D eigenvalue weighted by molar-refractivity contribution is 0.178. The van der Waals surface area contributed by atoms with Crippen molar-refractivity contribution in [3.05, 3.63) is 34.1 Å². The fraction of sp³-hybridized carbons (Fsp3) is 0.462. The minimum absolute atomic E-state index is 0.0580. The predicted octanol–water partition coefficient (Wildman–Crippen LogP) is 1.80. The van der Waals surface area contributed by atoms with Crippen molar-refractivity contribution in [2.45, 2.75) is 12.6 Å². The molecule has 6 heteroatoms. The number of amides is 2. The summed E-state index contributed by atoms with van der Waals surface area (Å²) in [6.07, 6.45) is 0. The molecular weight excluding hydrogens is 313 g/mol. The van der Waals surface area contributed by atoms with E-state index >= 15 is 0 Å². The average Bonchev–Trinajstić information content (AvgIpc) is 2.73. The van der Waals surface area contributed by atoms with Crippen molar-refractivity contribution in [3.8, 4) is 0 Å². The van der Waals surface area contributed by atoms with Crippen molar-refractivity contribution in [3.63, 3.8) is 0 Å². The summed E-state index contributed by atoms with van der Waals surface area (Å²) >= 11 is 3.25. The van der Waals surface area contributed by atoms with Crippen LogP contribution in [0.5, 0.6) is 0 Å². The molecule has 1 atom stereocenters. The Kier molecular flexibility index (Phi) is 3.45. The van der Waals surface area contributed by atoms with Crippen LogP contribution >= 0.6 is 15.9 Å². The largest absolute Gasteiger partial charge is 0.320 e. The van der Waals surface area contributed by atoms with E-state index in [2.05, 4.69) is 21.2 Å². The second kappa shape index (κ2) is 5.09. The molecule has 2 saturated heterocycles. The summed E-state index contributed by atoms with van der Waals surface area (Å²) in [5.74, 6) is -0.288. The summed E-state index contributed by atoms with van der Waals surface area (Å²) in [5.41, 5.74) is 0.807. The van der Waals surface area contributed by atoms with Gasteiger partial charge in [0.2, 0.25) is 0 Å². The summed E-state index contributed by atoms with van der Waals surface area (Å²) < 4.78 is 13.9. The van der Waals surface area contributed by atoms with Gasteiger partial charge in [-0.1, -0.05) is 12.1 Å². The lowest BCUT2D eigenvalue weighted by Crippen LogP contribution is -2.49. The molecule has 2 aliphatic rings. The van der Waals surface area contributed by atoms with Gasteiger partial charge in [-0.3, -0.25) is 0 Å². The van der Waals surface area contributed by atoms with Crippen molar-refractivity contribution in [2.75, 3.05) is 26.2 Å². The zero-order valence-electron chi connectivity index (χ0n) is 10.4. The lowest BCUT2D eigenvalue weighted by Gasteiger charge is -2.28. The van der Waals surface area contributed by atoms with E-state index in [1.807, 2.05) is 11.0 Å². The van der Waals surface area contributed by atoms with E-state index in [0.29, 0.717) is 17.6 Å². The predicted molar refractivity (Wildman–Crippen MR) is 73.3 cm³/mol. The maximum absolute atomic E-state index is 13.5. The zero-order chi connectivity index (χ0) is 13.4. The van der Waals surface area contributed by atoms with Crippen molar-refractivity contribution < 1.29 is 9.18 Å². The van der Waals surface area contributed by atoms with Crippen LogP contribution in [-0.2, 0) is 6.54 Å². The van der Waals surface area contributed by atoms with Crippen LogP contribution in [0.2, 0.25) is 0 Å². The van der Waals surface area contributed by atoms with Crippen molar-refractivity contribution in [1.29, 1.82) is 0 Å². The molecule has 19 heavy (non-hydrogen) atoms. The summed E-state index contributed by atoms with van der Waals surface area (Å²) in [5, 5.41) is 3.29. The Hall–Kier alpha value is -1.14. The molecule has 2 heterocycles. The van der Waals surface area contributed by atoms with Gasteiger partial charge in [0.25, 0.3) is 0 Å². The van der Waals surface area contributed by atoms with Crippen LogP contribution in [0.3, 0.4) is 0 Å². The van der Waals surface area contributed by atoms with E-state index < -0.39 is 0 Å². The highest BCUT2D eigenvalue weighted by Crippen LogP contribution is 2.25. The number of nitrogens with zero attached hydrogens (tertiary/aromatic N) is 2. The Labute approximate surface area is 119 Å². The summed E-state index contributed by atoms with van der Waals surface area (Å²) in [4.78, 5) is 16.0. The first-order valence-electron chi connectivity index (χ1n) is 6.36. The van der Waals surface area contributed by atoms with E-state index in [9.17, 15) is 9.18 Å². The van der Waals surface area contributed by atoms with Gasteiger partial charge in [0.05, 0.1) is 10.5 Å². The molecule has 2 aliphatic heterocycles. The molecule has 1 aromatic carbocycles. The Morgan fingerprint density at radius 1 is 1.47 bits per heavy atom. The molecule has 2 fully saturated rings. The van der Waals surface area contributed by atoms with Gasteiger partial charge in [0.15, 0.2) is 0 Å². The van der Waals surface area contributed by atoms with E-state index in [1.54, 1.807) is 11.0 Å². The number of benzene rings is 1. The SMILES string of the molecule is O=C1N(Cc2cccc(F)c2Br)CC2CNCCN12. The minimum atomic E-state index is -0.288. The van der Waals surface area contributed by atoms with Crippen LogP contribution in [0.4, 0.5) is 9.18 Å². The van der Waals surface area contributed by atoms with Gasteiger partial charge < -0.3 is 15.1 Å². The maximum Gasteiger partial charge on any atom is 0.320 e. The topological polar surface area (TPSA) is 35.6 Å². The van der Waals surface area contributed by atoms with Gasteiger partial charge >= 0.3 is 6.03 Å². The van der Waals surface area contributed by atoms with Gasteiger partial charge in [-0.2, -0.15) is 0 Å². The first kappa shape index (κ1) is 12.9. The van der Waals surface area contributed by atoms with E-state index in [4.69, 9.17) is 0 Å². The van der Waals surface area contributed by atoms with Gasteiger partial charge in [-0.15, -0.1) is 0 Å². The number of hydrogen-bond donors (Lipinski definition) is 1. The molecule has 3 rings (SSSR count). The Bertz CT molecular complexity index is 511. The van der Waals surface area contributed by atoms with E-state index in [0.717, 1.165) is 25.2 Å². The number of carbonyl (C=O) groups excluding carboxylic acids is 1. The Morgan fingerprint density at radius 3 is 3.11 bits per heavy atom. The van der Waals surface area contributed by atoms with Gasteiger partial charge in [-0.05, 0) is 27.6 Å². The zero-order valence-corrected chi connectivity index (χ0v) is 12.0. The highest BCUT2D eigenvalue weighted by Gasteiger charge is 2.38. The van der Waals surface area contributed by atoms with Crippen molar-refractivity contribution in [1.82, 2.24) is 15.1 Å². The minimum Gasteiger partial charge on any atom is -0.318 e. The first-order valence-corrected chi connectivity index (χ1v) is 7.15. The molecule has 0 spiro atoms. The quantitative estimate of drug-likeness (QED) is 0.899. The fourth-order valence-corrected chi connectivity index (χ4v) is 3.09. The molecular formula is C13H15BrFN3O. The lowest BCUT2D eigenvalue weighted by atomic mass is 10.2. The molecule has 2 amide bonds. The normalized spacial score (nSPS) is 22.8. The first-order chi connectivity index (χ1) is 9.16. The number of rotatable bonds is 2. The van der Waals surface area contributed by atoms with Crippen LogP contribution in [0.1, 0.15) is 5.56 Å². The highest BCUT2D eigenvalue weighted by molar-refractivity contribution is 9.10. The number of nitrogens with one attached hydrogen (secondary N) is 1. The maximum atomic E-state index is 13.5. The monoisotopic (exact) mass is 327 g/mol. The number of hydrogen-bond acceptors (Lipinski definition) is 2. The second-order valence-electron chi connectivity index (χ2n) is 4.93. The van der Waals surface area contributed by atoms with Crippen LogP contribution in [-0.4, -0.2) is 48.1 Å². The van der Waals surface area contributed by atoms with E-state index in [-0.39, 0.29) is 17.9 Å². The van der Waals surface area contributed by atoms with Crippen LogP contribution in [0, 0.1) is 5.82 Å². The smallest absolute Gasteiger partial charge is 0.318 e. The number of fused-ring (bicyclic) bond motifs is 1. The van der Waals surface area contributed by atoms with Crippen molar-refractivity contribution >= 4 is 22.0 Å². The summed E-state index contributed by atoms with van der Waals surface area (Å²) in [6.45, 7) is 3.59. The van der Waals surface area contributed by atoms with Crippen LogP contribution < -0.4 is 5.32 Å². The third kappa shape index (κ3) is 2.34. The molecule has 0 radical (unpaired) electrons. The molecule has 0 aliphatic carbocycles. The highest BCUT2D eigenvalue weighted by atomic mass is 79.9. The standard InChI is InChI=1S/C13H15BrFN3O/c14-12-9(2-1-3-11(12)15)7-17-8-10-6-16-4-5-18(10)13(17)19/h1-3,10,16H,4-8H2. The number of halogens is 2. The molecule has 0 bridgehead atoms. The van der Waals surface area contributed by atoms with Gasteiger partial charge in [0, 0.05) is 32.7 Å². The third-order valence-electron chi connectivity index (χ3n) is 3.69. The number of urea groups is 1. The molecule has 102 valence electrons. The molecule has 1 N–H and O–H groups in total. The second-order valence-corrected chi connectivity index (χ2v) is 5.72. The van der Waals surface area contributed by atoms with Crippen molar-refractivity contribution in [2.24, 2.45) is 0 Å². The van der Waals surface area contributed by atoms with Gasteiger partial charge in [-0.25, -0.2) is 9.18 Å². The summed E-state index contributed by atoms with van der Waals surface area (Å²) in [6, 6.07) is 5.23. The molecule has 1 aromatic rings. The Morgan fingerprint density at radius 2 is 2.32 bits per heavy atom. The molecule has 0 saturated carbocycles. The van der Waals surface area contributed by atoms with Crippen LogP contribution in [0.15, 0.2) is 22.7 Å². The number of piperazine rings is 1. The van der Waals surface area contributed by atoms with E-state index in [1.165, 1.54) is 6.07 Å². The third-order valence-corrected chi connectivity index (χ3v) is 4.58. The summed E-state index contributed by atoms with van der Waals surface area (Å²) in [7, 11) is 0. The molecule has 1 unspecified atom stereocenters.